The Bertz CT molecular complexity index is 232. The second-order valence-electron chi connectivity index (χ2n) is 5.58. The van der Waals surface area contributed by atoms with Gasteiger partial charge in [-0.05, 0) is 40.5 Å². The minimum absolute atomic E-state index is 0.304. The van der Waals surface area contributed by atoms with Gasteiger partial charge >= 0.3 is 6.09 Å². The minimum Gasteiger partial charge on any atom is -0.444 e. The van der Waals surface area contributed by atoms with Crippen molar-refractivity contribution < 1.29 is 9.53 Å². The van der Waals surface area contributed by atoms with Crippen LogP contribution in [-0.2, 0) is 4.74 Å². The molecule has 2 N–H and O–H groups in total. The zero-order chi connectivity index (χ0) is 12.2. The molecule has 4 heteroatoms. The molecule has 1 saturated carbocycles. The summed E-state index contributed by atoms with van der Waals surface area (Å²) in [6.07, 6.45) is 3.51. The number of carbonyl (C=O) groups excluding carboxylic acids is 1. The standard InChI is InChI=1S/C12H24N2O2/c1-9(14-10-6-5-7-10)8-13-11(15)16-12(2,3)4/h9-10,14H,5-8H2,1-4H3,(H,13,15)/t9-/m1/s1. The second-order valence-corrected chi connectivity index (χ2v) is 5.58. The van der Waals surface area contributed by atoms with E-state index in [9.17, 15) is 4.79 Å². The lowest BCUT2D eigenvalue weighted by atomic mass is 9.92. The van der Waals surface area contributed by atoms with E-state index in [1.165, 1.54) is 19.3 Å². The molecule has 0 unspecified atom stereocenters. The van der Waals surface area contributed by atoms with Crippen molar-refractivity contribution in [2.24, 2.45) is 0 Å². The van der Waals surface area contributed by atoms with Crippen LogP contribution in [0.1, 0.15) is 47.0 Å². The number of amides is 1. The molecule has 0 aromatic carbocycles. The van der Waals surface area contributed by atoms with Gasteiger partial charge in [-0.15, -0.1) is 0 Å². The van der Waals surface area contributed by atoms with Crippen molar-refractivity contribution in [1.82, 2.24) is 10.6 Å². The zero-order valence-electron chi connectivity index (χ0n) is 10.8. The molecule has 0 saturated heterocycles. The van der Waals surface area contributed by atoms with Gasteiger partial charge < -0.3 is 15.4 Å². The predicted octanol–water partition coefficient (Wildman–Crippen LogP) is 2.04. The molecule has 0 spiro atoms. The molecule has 0 bridgehead atoms. The van der Waals surface area contributed by atoms with Crippen LogP contribution in [0.4, 0.5) is 4.79 Å². The normalized spacial score (nSPS) is 18.8. The Morgan fingerprint density at radius 1 is 1.44 bits per heavy atom. The first-order chi connectivity index (χ1) is 7.37. The van der Waals surface area contributed by atoms with Crippen molar-refractivity contribution in [3.8, 4) is 0 Å². The molecule has 1 fully saturated rings. The Hall–Kier alpha value is -0.770. The summed E-state index contributed by atoms with van der Waals surface area (Å²) in [5.41, 5.74) is -0.422. The van der Waals surface area contributed by atoms with Gasteiger partial charge in [0.15, 0.2) is 0 Å². The van der Waals surface area contributed by atoms with Crippen molar-refractivity contribution in [3.05, 3.63) is 0 Å². The molecule has 0 radical (unpaired) electrons. The highest BCUT2D eigenvalue weighted by Crippen LogP contribution is 2.18. The monoisotopic (exact) mass is 228 g/mol. The fraction of sp³-hybridized carbons (Fsp3) is 0.917. The van der Waals surface area contributed by atoms with Crippen LogP contribution < -0.4 is 10.6 Å². The van der Waals surface area contributed by atoms with Crippen molar-refractivity contribution in [1.29, 1.82) is 0 Å². The van der Waals surface area contributed by atoms with Gasteiger partial charge in [-0.2, -0.15) is 0 Å². The molecule has 94 valence electrons. The molecule has 1 atom stereocenters. The quantitative estimate of drug-likeness (QED) is 0.774. The Morgan fingerprint density at radius 2 is 2.06 bits per heavy atom. The Kier molecular flexibility index (Phi) is 4.59. The molecule has 0 aromatic rings. The predicted molar refractivity (Wildman–Crippen MR) is 64.5 cm³/mol. The molecule has 0 heterocycles. The fourth-order valence-electron chi connectivity index (χ4n) is 1.59. The van der Waals surface area contributed by atoms with E-state index >= 15 is 0 Å². The summed E-state index contributed by atoms with van der Waals surface area (Å²) in [5, 5.41) is 6.23. The van der Waals surface area contributed by atoms with Crippen molar-refractivity contribution >= 4 is 6.09 Å². The molecule has 1 aliphatic rings. The van der Waals surface area contributed by atoms with Crippen molar-refractivity contribution in [2.75, 3.05) is 6.54 Å². The second kappa shape index (κ2) is 5.53. The van der Waals surface area contributed by atoms with Crippen LogP contribution in [-0.4, -0.2) is 30.3 Å². The molecule has 1 aliphatic carbocycles. The van der Waals surface area contributed by atoms with Crippen LogP contribution >= 0.6 is 0 Å². The van der Waals surface area contributed by atoms with Gasteiger partial charge in [-0.25, -0.2) is 4.79 Å². The average Bonchev–Trinajstić information content (AvgIpc) is 2.05. The summed E-state index contributed by atoms with van der Waals surface area (Å²) >= 11 is 0. The van der Waals surface area contributed by atoms with E-state index in [1.807, 2.05) is 20.8 Å². The minimum atomic E-state index is -0.422. The molecule has 1 amide bonds. The molecule has 0 aliphatic heterocycles. The topological polar surface area (TPSA) is 50.4 Å². The number of carbonyl (C=O) groups is 1. The maximum atomic E-state index is 11.4. The third-order valence-corrected chi connectivity index (χ3v) is 2.58. The summed E-state index contributed by atoms with van der Waals surface area (Å²) in [5.74, 6) is 0. The Labute approximate surface area is 98.1 Å². The van der Waals surface area contributed by atoms with E-state index in [2.05, 4.69) is 17.6 Å². The van der Waals surface area contributed by atoms with E-state index < -0.39 is 5.60 Å². The lowest BCUT2D eigenvalue weighted by molar-refractivity contribution is 0.0521. The lowest BCUT2D eigenvalue weighted by Gasteiger charge is -2.30. The van der Waals surface area contributed by atoms with Gasteiger partial charge in [0.05, 0.1) is 0 Å². The van der Waals surface area contributed by atoms with Crippen LogP contribution in [0.15, 0.2) is 0 Å². The number of hydrogen-bond acceptors (Lipinski definition) is 3. The highest BCUT2D eigenvalue weighted by molar-refractivity contribution is 5.67. The lowest BCUT2D eigenvalue weighted by Crippen LogP contribution is -2.47. The first-order valence-corrected chi connectivity index (χ1v) is 6.10. The Morgan fingerprint density at radius 3 is 2.50 bits per heavy atom. The third-order valence-electron chi connectivity index (χ3n) is 2.58. The van der Waals surface area contributed by atoms with Crippen LogP contribution in [0.25, 0.3) is 0 Å². The van der Waals surface area contributed by atoms with Gasteiger partial charge in [0.1, 0.15) is 5.60 Å². The van der Waals surface area contributed by atoms with Crippen LogP contribution in [0.5, 0.6) is 0 Å². The average molecular weight is 228 g/mol. The number of hydrogen-bond donors (Lipinski definition) is 2. The highest BCUT2D eigenvalue weighted by atomic mass is 16.6. The van der Waals surface area contributed by atoms with Gasteiger partial charge in [0.25, 0.3) is 0 Å². The van der Waals surface area contributed by atoms with E-state index in [1.54, 1.807) is 0 Å². The number of alkyl carbamates (subject to hydrolysis) is 1. The summed E-state index contributed by atoms with van der Waals surface area (Å²) < 4.78 is 5.16. The molecule has 4 nitrogen and oxygen atoms in total. The van der Waals surface area contributed by atoms with Crippen LogP contribution in [0, 0.1) is 0 Å². The molecular formula is C12H24N2O2. The van der Waals surface area contributed by atoms with E-state index in [0.29, 0.717) is 18.6 Å². The first kappa shape index (κ1) is 13.3. The first-order valence-electron chi connectivity index (χ1n) is 6.10. The van der Waals surface area contributed by atoms with Gasteiger partial charge in [0.2, 0.25) is 0 Å². The number of nitrogens with one attached hydrogen (secondary N) is 2. The van der Waals surface area contributed by atoms with Crippen molar-refractivity contribution in [3.63, 3.8) is 0 Å². The SMILES string of the molecule is C[C@H](CNC(=O)OC(C)(C)C)NC1CCC1. The molecule has 0 aromatic heterocycles. The third kappa shape index (κ3) is 5.35. The van der Waals surface area contributed by atoms with Gasteiger partial charge in [-0.3, -0.25) is 0 Å². The fourth-order valence-corrected chi connectivity index (χ4v) is 1.59. The summed E-state index contributed by atoms with van der Waals surface area (Å²) in [6.45, 7) is 8.29. The van der Waals surface area contributed by atoms with Crippen LogP contribution in [0.2, 0.25) is 0 Å². The Balaban J connectivity index is 2.10. The molecular weight excluding hydrogens is 204 g/mol. The maximum Gasteiger partial charge on any atom is 0.407 e. The number of rotatable bonds is 4. The maximum absolute atomic E-state index is 11.4. The summed E-state index contributed by atoms with van der Waals surface area (Å²) in [4.78, 5) is 11.4. The largest absolute Gasteiger partial charge is 0.444 e. The van der Waals surface area contributed by atoms with Gasteiger partial charge in [0, 0.05) is 18.6 Å². The van der Waals surface area contributed by atoms with Gasteiger partial charge in [-0.1, -0.05) is 6.42 Å². The summed E-state index contributed by atoms with van der Waals surface area (Å²) in [6, 6.07) is 0.952. The number of ether oxygens (including phenoxy) is 1. The van der Waals surface area contributed by atoms with E-state index in [-0.39, 0.29) is 6.09 Å². The van der Waals surface area contributed by atoms with E-state index in [4.69, 9.17) is 4.74 Å². The summed E-state index contributed by atoms with van der Waals surface area (Å²) in [7, 11) is 0. The highest BCUT2D eigenvalue weighted by Gasteiger charge is 2.20. The smallest absolute Gasteiger partial charge is 0.407 e. The van der Waals surface area contributed by atoms with Crippen LogP contribution in [0.3, 0.4) is 0 Å². The molecule has 1 rings (SSSR count). The van der Waals surface area contributed by atoms with E-state index in [0.717, 1.165) is 0 Å². The van der Waals surface area contributed by atoms with Crippen molar-refractivity contribution in [2.45, 2.75) is 64.6 Å². The zero-order valence-corrected chi connectivity index (χ0v) is 10.8. The molecule has 16 heavy (non-hydrogen) atoms.